The van der Waals surface area contributed by atoms with Gasteiger partial charge in [-0.25, -0.2) is 8.42 Å². The Morgan fingerprint density at radius 3 is 1.83 bits per heavy atom. The third-order valence-electron chi connectivity index (χ3n) is 4.73. The van der Waals surface area contributed by atoms with Gasteiger partial charge in [0.25, 0.3) is 10.0 Å². The van der Waals surface area contributed by atoms with Crippen molar-refractivity contribution in [1.29, 1.82) is 0 Å². The van der Waals surface area contributed by atoms with Crippen molar-refractivity contribution in [2.24, 2.45) is 0 Å². The van der Waals surface area contributed by atoms with E-state index in [-0.39, 0.29) is 17.3 Å². The number of carbonyl (C=O) groups is 1. The summed E-state index contributed by atoms with van der Waals surface area (Å²) in [6, 6.07) is 22.9. The van der Waals surface area contributed by atoms with Crippen LogP contribution in [0.5, 0.6) is 0 Å². The predicted molar refractivity (Wildman–Crippen MR) is 117 cm³/mol. The Balaban J connectivity index is 1.98. The van der Waals surface area contributed by atoms with Gasteiger partial charge in [0.15, 0.2) is 0 Å². The molecular weight excluding hydrogens is 384 g/mol. The molecule has 6 heteroatoms. The molecule has 150 valence electrons. The number of sulfonamides is 1. The quantitative estimate of drug-likeness (QED) is 0.615. The van der Waals surface area contributed by atoms with Gasteiger partial charge in [-0.15, -0.1) is 0 Å². The zero-order valence-corrected chi connectivity index (χ0v) is 17.6. The van der Waals surface area contributed by atoms with Crippen molar-refractivity contribution in [3.8, 4) is 0 Å². The Hall–Kier alpha value is -3.12. The summed E-state index contributed by atoms with van der Waals surface area (Å²) in [7, 11) is -2.27. The number of likely N-dealkylation sites (N-methyl/N-ethyl adjacent to an activating group) is 1. The van der Waals surface area contributed by atoms with Crippen LogP contribution < -0.4 is 9.21 Å². The number of aryl methyl sites for hydroxylation is 2. The minimum atomic E-state index is -3.91. The van der Waals surface area contributed by atoms with E-state index in [1.165, 1.54) is 9.21 Å². The van der Waals surface area contributed by atoms with Crippen LogP contribution in [0.3, 0.4) is 0 Å². The fourth-order valence-electron chi connectivity index (χ4n) is 2.89. The fourth-order valence-corrected chi connectivity index (χ4v) is 4.30. The number of carbonyl (C=O) groups excluding carboxylic acids is 1. The monoisotopic (exact) mass is 408 g/mol. The smallest absolute Gasteiger partial charge is 0.264 e. The molecule has 0 N–H and O–H groups in total. The van der Waals surface area contributed by atoms with Crippen molar-refractivity contribution in [2.45, 2.75) is 18.7 Å². The van der Waals surface area contributed by atoms with Gasteiger partial charge in [0, 0.05) is 12.7 Å². The average molecular weight is 409 g/mol. The first-order valence-corrected chi connectivity index (χ1v) is 10.7. The van der Waals surface area contributed by atoms with Crippen LogP contribution in [0.1, 0.15) is 11.1 Å². The highest BCUT2D eigenvalue weighted by Crippen LogP contribution is 2.25. The van der Waals surface area contributed by atoms with E-state index < -0.39 is 10.0 Å². The molecule has 0 bridgehead atoms. The summed E-state index contributed by atoms with van der Waals surface area (Å²) in [5.41, 5.74) is 3.12. The number of nitrogens with zero attached hydrogens (tertiary/aromatic N) is 2. The highest BCUT2D eigenvalue weighted by atomic mass is 32.2. The molecule has 0 unspecified atom stereocenters. The molecule has 0 spiro atoms. The molecule has 0 aliphatic heterocycles. The molecule has 0 atom stereocenters. The van der Waals surface area contributed by atoms with E-state index in [2.05, 4.69) is 0 Å². The molecule has 3 aromatic carbocycles. The van der Waals surface area contributed by atoms with Crippen molar-refractivity contribution in [3.63, 3.8) is 0 Å². The lowest BCUT2D eigenvalue weighted by atomic mass is 10.2. The van der Waals surface area contributed by atoms with Gasteiger partial charge >= 0.3 is 0 Å². The molecule has 0 aromatic heterocycles. The number of hydrogen-bond donors (Lipinski definition) is 0. The van der Waals surface area contributed by atoms with Crippen LogP contribution in [0.2, 0.25) is 0 Å². The van der Waals surface area contributed by atoms with E-state index in [4.69, 9.17) is 0 Å². The van der Waals surface area contributed by atoms with Crippen LogP contribution in [-0.2, 0) is 14.8 Å². The van der Waals surface area contributed by atoms with Gasteiger partial charge in [0.05, 0.1) is 10.6 Å². The zero-order valence-electron chi connectivity index (χ0n) is 16.7. The van der Waals surface area contributed by atoms with E-state index in [9.17, 15) is 13.2 Å². The summed E-state index contributed by atoms with van der Waals surface area (Å²) in [6.07, 6.45) is 0. The number of amides is 1. The molecule has 0 saturated carbocycles. The molecule has 0 heterocycles. The molecule has 29 heavy (non-hydrogen) atoms. The lowest BCUT2D eigenvalue weighted by molar-refractivity contribution is -0.116. The SMILES string of the molecule is Cc1ccc(N(CC(=O)N(C)c2ccccc2)S(=O)(=O)c2ccc(C)cc2)cc1. The predicted octanol–water partition coefficient (Wildman–Crippen LogP) is 4.16. The van der Waals surface area contributed by atoms with Gasteiger partial charge < -0.3 is 4.90 Å². The van der Waals surface area contributed by atoms with E-state index in [0.717, 1.165) is 11.1 Å². The largest absolute Gasteiger partial charge is 0.314 e. The van der Waals surface area contributed by atoms with E-state index >= 15 is 0 Å². The number of benzene rings is 3. The first kappa shape index (κ1) is 20.6. The first-order valence-electron chi connectivity index (χ1n) is 9.27. The third kappa shape index (κ3) is 4.66. The Labute approximate surface area is 172 Å². The highest BCUT2D eigenvalue weighted by Gasteiger charge is 2.28. The maximum absolute atomic E-state index is 13.4. The van der Waals surface area contributed by atoms with Gasteiger partial charge in [0.1, 0.15) is 6.54 Å². The first-order chi connectivity index (χ1) is 13.8. The van der Waals surface area contributed by atoms with Crippen molar-refractivity contribution >= 4 is 27.3 Å². The van der Waals surface area contributed by atoms with Crippen molar-refractivity contribution in [3.05, 3.63) is 90.0 Å². The minimum absolute atomic E-state index is 0.152. The molecule has 1 amide bonds. The number of rotatable bonds is 6. The Bertz CT molecular complexity index is 1080. The summed E-state index contributed by atoms with van der Waals surface area (Å²) in [5.74, 6) is -0.326. The van der Waals surface area contributed by atoms with Gasteiger partial charge in [-0.1, -0.05) is 53.6 Å². The van der Waals surface area contributed by atoms with Gasteiger partial charge in [0.2, 0.25) is 5.91 Å². The molecule has 5 nitrogen and oxygen atoms in total. The van der Waals surface area contributed by atoms with Crippen molar-refractivity contribution in [2.75, 3.05) is 22.8 Å². The van der Waals surface area contributed by atoms with E-state index in [0.29, 0.717) is 11.4 Å². The molecular formula is C23H24N2O3S. The lowest BCUT2D eigenvalue weighted by Gasteiger charge is -2.27. The lowest BCUT2D eigenvalue weighted by Crippen LogP contribution is -2.41. The fraction of sp³-hybridized carbons (Fsp3) is 0.174. The second kappa shape index (κ2) is 8.49. The summed E-state index contributed by atoms with van der Waals surface area (Å²) < 4.78 is 27.9. The molecule has 0 radical (unpaired) electrons. The third-order valence-corrected chi connectivity index (χ3v) is 6.52. The Morgan fingerprint density at radius 1 is 0.759 bits per heavy atom. The Morgan fingerprint density at radius 2 is 1.28 bits per heavy atom. The maximum atomic E-state index is 13.4. The summed E-state index contributed by atoms with van der Waals surface area (Å²) in [6.45, 7) is 3.52. The number of hydrogen-bond acceptors (Lipinski definition) is 3. The van der Waals surface area contributed by atoms with Crippen LogP contribution in [0, 0.1) is 13.8 Å². The van der Waals surface area contributed by atoms with E-state index in [1.807, 2.05) is 56.3 Å². The van der Waals surface area contributed by atoms with Crippen LogP contribution in [-0.4, -0.2) is 27.9 Å². The Kier molecular flexibility index (Phi) is 6.03. The average Bonchev–Trinajstić information content (AvgIpc) is 2.73. The second-order valence-electron chi connectivity index (χ2n) is 6.95. The molecule has 0 aliphatic carbocycles. The van der Waals surface area contributed by atoms with E-state index in [1.54, 1.807) is 43.4 Å². The minimum Gasteiger partial charge on any atom is -0.314 e. The topological polar surface area (TPSA) is 57.7 Å². The van der Waals surface area contributed by atoms with Crippen LogP contribution in [0.4, 0.5) is 11.4 Å². The molecule has 0 fully saturated rings. The molecule has 0 aliphatic rings. The highest BCUT2D eigenvalue weighted by molar-refractivity contribution is 7.92. The number of anilines is 2. The van der Waals surface area contributed by atoms with Crippen molar-refractivity contribution < 1.29 is 13.2 Å². The standard InChI is InChI=1S/C23H24N2O3S/c1-18-9-13-21(14-10-18)25(29(27,28)22-15-11-19(2)12-16-22)17-23(26)24(3)20-7-5-4-6-8-20/h4-16H,17H2,1-3H3. The second-order valence-corrected chi connectivity index (χ2v) is 8.81. The van der Waals surface area contributed by atoms with Gasteiger partial charge in [-0.2, -0.15) is 0 Å². The molecule has 3 rings (SSSR count). The molecule has 0 saturated heterocycles. The number of para-hydroxylation sites is 1. The van der Waals surface area contributed by atoms with Crippen molar-refractivity contribution in [1.82, 2.24) is 0 Å². The maximum Gasteiger partial charge on any atom is 0.264 e. The molecule has 3 aromatic rings. The van der Waals surface area contributed by atoms with Gasteiger partial charge in [-0.3, -0.25) is 9.10 Å². The van der Waals surface area contributed by atoms with Crippen LogP contribution in [0.25, 0.3) is 0 Å². The van der Waals surface area contributed by atoms with Crippen LogP contribution in [0.15, 0.2) is 83.8 Å². The summed E-state index contributed by atoms with van der Waals surface area (Å²) in [4.78, 5) is 14.6. The normalized spacial score (nSPS) is 11.1. The van der Waals surface area contributed by atoms with Gasteiger partial charge in [-0.05, 0) is 50.2 Å². The summed E-state index contributed by atoms with van der Waals surface area (Å²) >= 11 is 0. The summed E-state index contributed by atoms with van der Waals surface area (Å²) in [5, 5.41) is 0. The zero-order chi connectivity index (χ0) is 21.0. The van der Waals surface area contributed by atoms with Crippen LogP contribution >= 0.6 is 0 Å².